The van der Waals surface area contributed by atoms with Gasteiger partial charge >= 0.3 is 5.69 Å². The number of ether oxygens (including phenoxy) is 1. The molecule has 3 N–H and O–H groups in total. The van der Waals surface area contributed by atoms with Crippen LogP contribution in [0.1, 0.15) is 11.8 Å². The van der Waals surface area contributed by atoms with Crippen LogP contribution in [-0.2, 0) is 4.74 Å². The smallest absolute Gasteiger partial charge is 0.351 e. The average Bonchev–Trinajstić information content (AvgIpc) is 2.87. The fraction of sp³-hybridized carbons (Fsp3) is 0.231. The maximum absolute atomic E-state index is 13.1. The zero-order chi connectivity index (χ0) is 16.3. The first-order valence-electron chi connectivity index (χ1n) is 6.10. The zero-order valence-corrected chi connectivity index (χ0v) is 13.3. The Hall–Kier alpha value is -1.59. The summed E-state index contributed by atoms with van der Waals surface area (Å²) < 4.78 is 34.1. The number of hydrogen-bond acceptors (Lipinski definition) is 5. The highest BCUT2D eigenvalue weighted by Crippen LogP contribution is 2.38. The minimum Gasteiger partial charge on any atom is -0.393 e. The van der Waals surface area contributed by atoms with E-state index in [0.29, 0.717) is 5.56 Å². The van der Waals surface area contributed by atoms with Gasteiger partial charge in [0.25, 0.3) is 0 Å². The number of aliphatic hydroxyl groups excluding tert-OH is 1. The fourth-order valence-corrected chi connectivity index (χ4v) is 2.49. The Kier molecular flexibility index (Phi) is 5.42. The van der Waals surface area contributed by atoms with Crippen molar-refractivity contribution >= 4 is 34.5 Å². The summed E-state index contributed by atoms with van der Waals surface area (Å²) in [7, 11) is 0. The number of aliphatic hydroxyl groups is 1. The molecule has 1 aliphatic heterocycles. The maximum atomic E-state index is 13.1. The van der Waals surface area contributed by atoms with Crippen LogP contribution < -0.4 is 11.4 Å². The van der Waals surface area contributed by atoms with E-state index in [1.54, 1.807) is 10.2 Å². The van der Waals surface area contributed by atoms with Crippen molar-refractivity contribution in [1.29, 1.82) is 0 Å². The number of rotatable bonds is 3. The molecule has 0 bridgehead atoms. The van der Waals surface area contributed by atoms with E-state index in [0.717, 1.165) is 4.57 Å². The van der Waals surface area contributed by atoms with Crippen molar-refractivity contribution in [3.05, 3.63) is 50.1 Å². The largest absolute Gasteiger partial charge is 0.393 e. The highest BCUT2D eigenvalue weighted by Gasteiger charge is 2.37. The first-order valence-corrected chi connectivity index (χ1v) is 7.34. The van der Waals surface area contributed by atoms with Gasteiger partial charge in [0.2, 0.25) is 0 Å². The first-order chi connectivity index (χ1) is 10.6. The molecule has 1 saturated heterocycles. The van der Waals surface area contributed by atoms with Gasteiger partial charge < -0.3 is 15.6 Å². The number of nitrogens with two attached hydrogens (primary N) is 1. The van der Waals surface area contributed by atoms with Crippen LogP contribution >= 0.6 is 22.6 Å². The van der Waals surface area contributed by atoms with Crippen LogP contribution in [0.4, 0.5) is 14.6 Å². The third-order valence-corrected chi connectivity index (χ3v) is 3.51. The molecule has 6 nitrogen and oxygen atoms in total. The molecule has 2 atom stereocenters. The Labute approximate surface area is 137 Å². The molecule has 2 rings (SSSR count). The third kappa shape index (κ3) is 2.96. The molecule has 0 spiro atoms. The molecule has 0 radical (unpaired) electrons. The first kappa shape index (κ1) is 16.8. The number of hydrogen-bond donors (Lipinski definition) is 2. The second-order valence-electron chi connectivity index (χ2n) is 4.35. The fourth-order valence-electron chi connectivity index (χ4n) is 2.10. The molecule has 118 valence electrons. The molecule has 0 amide bonds. The van der Waals surface area contributed by atoms with Crippen LogP contribution in [0.3, 0.4) is 0 Å². The Bertz CT molecular complexity index is 715. The van der Waals surface area contributed by atoms with E-state index in [4.69, 9.17) is 10.5 Å². The summed E-state index contributed by atoms with van der Waals surface area (Å²) in [5.41, 5.74) is 4.92. The molecule has 9 heteroatoms. The normalized spacial score (nSPS) is 25.6. The predicted molar refractivity (Wildman–Crippen MR) is 85.3 cm³/mol. The molecule has 1 aliphatic rings. The molecule has 2 unspecified atom stereocenters. The lowest BCUT2D eigenvalue weighted by molar-refractivity contribution is -0.00860. The van der Waals surface area contributed by atoms with Crippen LogP contribution in [0.2, 0.25) is 0 Å². The third-order valence-electron chi connectivity index (χ3n) is 3.15. The van der Waals surface area contributed by atoms with Crippen LogP contribution in [0, 0.1) is 0 Å². The van der Waals surface area contributed by atoms with E-state index < -0.39 is 24.6 Å². The van der Waals surface area contributed by atoms with Crippen LogP contribution in [-0.4, -0.2) is 27.4 Å². The second kappa shape index (κ2) is 7.11. The lowest BCUT2D eigenvalue weighted by Gasteiger charge is -2.15. The molecule has 0 saturated carbocycles. The highest BCUT2D eigenvalue weighted by atomic mass is 127. The van der Waals surface area contributed by atoms with Crippen LogP contribution in [0.25, 0.3) is 6.08 Å². The van der Waals surface area contributed by atoms with E-state index in [1.807, 2.05) is 22.6 Å². The van der Waals surface area contributed by atoms with Crippen molar-refractivity contribution < 1.29 is 18.6 Å². The monoisotopic (exact) mass is 423 g/mol. The van der Waals surface area contributed by atoms with Gasteiger partial charge in [-0.15, -0.1) is 0 Å². The summed E-state index contributed by atoms with van der Waals surface area (Å²) in [5, 5.41) is 9.18. The zero-order valence-electron chi connectivity index (χ0n) is 11.1. The summed E-state index contributed by atoms with van der Waals surface area (Å²) in [6.45, 7) is -0.554. The van der Waals surface area contributed by atoms with Crippen molar-refractivity contribution in [2.24, 2.45) is 0 Å². The minimum atomic E-state index is -1.23. The Morgan fingerprint density at radius 1 is 1.45 bits per heavy atom. The van der Waals surface area contributed by atoms with E-state index in [1.165, 1.54) is 6.20 Å². The number of halogens is 3. The molecule has 0 aromatic carbocycles. The van der Waals surface area contributed by atoms with Gasteiger partial charge in [0.05, 0.1) is 19.3 Å². The molecule has 2 heterocycles. The summed E-state index contributed by atoms with van der Waals surface area (Å²) in [4.78, 5) is 15.6. The van der Waals surface area contributed by atoms with Crippen molar-refractivity contribution in [3.63, 3.8) is 0 Å². The van der Waals surface area contributed by atoms with Crippen molar-refractivity contribution in [2.45, 2.75) is 12.3 Å². The van der Waals surface area contributed by atoms with Gasteiger partial charge in [-0.3, -0.25) is 4.57 Å². The summed E-state index contributed by atoms with van der Waals surface area (Å²) >= 11 is 1.96. The van der Waals surface area contributed by atoms with Crippen molar-refractivity contribution in [1.82, 2.24) is 9.55 Å². The Morgan fingerprint density at radius 2 is 2.14 bits per heavy atom. The van der Waals surface area contributed by atoms with Gasteiger partial charge in [-0.2, -0.15) is 4.98 Å². The standard InChI is InChI=1S/C13H12F2IN3O3/c14-3-8-9(4-15)12(22-10(8)6-20)19-5-7(1-2-16)11(17)18-13(19)21/h1-5,10,12,20H,6H2,(H2,17,18,21)/b2-1-,8-3+,9-4+. The van der Waals surface area contributed by atoms with Gasteiger partial charge in [0.15, 0.2) is 6.23 Å². The molecule has 1 fully saturated rings. The molecule has 0 aliphatic carbocycles. The van der Waals surface area contributed by atoms with Gasteiger partial charge in [-0.05, 0) is 10.2 Å². The molecule has 1 aromatic rings. The quantitative estimate of drug-likeness (QED) is 0.725. The van der Waals surface area contributed by atoms with Crippen molar-refractivity contribution in [2.75, 3.05) is 12.3 Å². The lowest BCUT2D eigenvalue weighted by Crippen LogP contribution is -2.29. The number of nitrogen functional groups attached to an aromatic ring is 1. The molecular weight excluding hydrogens is 411 g/mol. The highest BCUT2D eigenvalue weighted by molar-refractivity contribution is 14.1. The minimum absolute atomic E-state index is 0.0120. The number of anilines is 1. The van der Waals surface area contributed by atoms with E-state index in [9.17, 15) is 18.7 Å². The van der Waals surface area contributed by atoms with Gasteiger partial charge in [0.1, 0.15) is 11.9 Å². The Balaban J connectivity index is 2.56. The number of aromatic nitrogens is 2. The molecular formula is C13H12F2IN3O3. The summed E-state index contributed by atoms with van der Waals surface area (Å²) in [6, 6.07) is 0. The lowest BCUT2D eigenvalue weighted by atomic mass is 10.1. The van der Waals surface area contributed by atoms with Gasteiger partial charge in [0, 0.05) is 22.9 Å². The summed E-state index contributed by atoms with van der Waals surface area (Å²) in [5.74, 6) is 0.0120. The van der Waals surface area contributed by atoms with Crippen molar-refractivity contribution in [3.8, 4) is 0 Å². The van der Waals surface area contributed by atoms with Gasteiger partial charge in [-0.25, -0.2) is 13.6 Å². The van der Waals surface area contributed by atoms with Crippen LogP contribution in [0.5, 0.6) is 0 Å². The number of nitrogens with zero attached hydrogens (tertiary/aromatic N) is 2. The topological polar surface area (TPSA) is 90.4 Å². The van der Waals surface area contributed by atoms with Crippen LogP contribution in [0.15, 0.2) is 38.9 Å². The SMILES string of the molecule is Nc1nc(=O)n(C2OC(CO)C(=C/F)/C2=C\F)cc1/C=C\I. The van der Waals surface area contributed by atoms with E-state index >= 15 is 0 Å². The summed E-state index contributed by atoms with van der Waals surface area (Å²) in [6.07, 6.45) is 0.929. The molecule has 22 heavy (non-hydrogen) atoms. The predicted octanol–water partition coefficient (Wildman–Crippen LogP) is 1.83. The molecule has 1 aromatic heterocycles. The second-order valence-corrected chi connectivity index (χ2v) is 5.07. The average molecular weight is 423 g/mol. The Morgan fingerprint density at radius 3 is 2.68 bits per heavy atom. The van der Waals surface area contributed by atoms with Gasteiger partial charge in [-0.1, -0.05) is 22.6 Å². The van der Waals surface area contributed by atoms with E-state index in [2.05, 4.69) is 4.98 Å². The maximum Gasteiger partial charge on any atom is 0.351 e. The van der Waals surface area contributed by atoms with E-state index in [-0.39, 0.29) is 29.6 Å².